The summed E-state index contributed by atoms with van der Waals surface area (Å²) in [5.41, 5.74) is 0.594. The molecule has 0 saturated heterocycles. The summed E-state index contributed by atoms with van der Waals surface area (Å²) >= 11 is 1.34. The maximum atomic E-state index is 13.8. The fourth-order valence-electron chi connectivity index (χ4n) is 1.86. The lowest BCUT2D eigenvalue weighted by molar-refractivity contribution is 0.0697. The van der Waals surface area contributed by atoms with Crippen LogP contribution in [0.5, 0.6) is 0 Å². The van der Waals surface area contributed by atoms with Gasteiger partial charge in [0.1, 0.15) is 5.82 Å². The van der Waals surface area contributed by atoms with Crippen molar-refractivity contribution in [3.05, 3.63) is 53.8 Å². The SMILES string of the molecule is O=C(O)c1cccc(F)c1Nc1nc2ccccc2s1. The van der Waals surface area contributed by atoms with Gasteiger partial charge in [-0.05, 0) is 24.3 Å². The van der Waals surface area contributed by atoms with E-state index in [1.165, 1.54) is 29.5 Å². The number of rotatable bonds is 3. The lowest BCUT2D eigenvalue weighted by Gasteiger charge is -2.07. The maximum Gasteiger partial charge on any atom is 0.337 e. The van der Waals surface area contributed by atoms with Crippen molar-refractivity contribution in [3.63, 3.8) is 0 Å². The zero-order chi connectivity index (χ0) is 14.1. The van der Waals surface area contributed by atoms with Crippen LogP contribution < -0.4 is 5.32 Å². The third-order valence-electron chi connectivity index (χ3n) is 2.77. The summed E-state index contributed by atoms with van der Waals surface area (Å²) in [6, 6.07) is 11.4. The third-order valence-corrected chi connectivity index (χ3v) is 3.72. The van der Waals surface area contributed by atoms with E-state index in [2.05, 4.69) is 10.3 Å². The average Bonchev–Trinajstić information content (AvgIpc) is 2.83. The third kappa shape index (κ3) is 2.21. The van der Waals surface area contributed by atoms with Crippen LogP contribution in [0.15, 0.2) is 42.5 Å². The number of carbonyl (C=O) groups is 1. The highest BCUT2D eigenvalue weighted by atomic mass is 32.1. The monoisotopic (exact) mass is 288 g/mol. The number of carboxylic acids is 1. The number of benzene rings is 2. The van der Waals surface area contributed by atoms with Crippen LogP contribution in [-0.2, 0) is 0 Å². The van der Waals surface area contributed by atoms with Crippen molar-refractivity contribution >= 4 is 38.3 Å². The number of halogens is 1. The lowest BCUT2D eigenvalue weighted by Crippen LogP contribution is -2.04. The predicted molar refractivity (Wildman–Crippen MR) is 76.3 cm³/mol. The number of hydrogen-bond donors (Lipinski definition) is 2. The van der Waals surface area contributed by atoms with E-state index in [1.54, 1.807) is 0 Å². The molecule has 4 nitrogen and oxygen atoms in total. The molecule has 20 heavy (non-hydrogen) atoms. The molecule has 2 N–H and O–H groups in total. The molecular formula is C14H9FN2O2S. The predicted octanol–water partition coefficient (Wildman–Crippen LogP) is 3.88. The molecule has 0 unspecified atom stereocenters. The molecule has 0 aliphatic heterocycles. The molecule has 1 heterocycles. The van der Waals surface area contributed by atoms with Crippen LogP contribution in [0, 0.1) is 5.82 Å². The molecule has 0 atom stereocenters. The fourth-order valence-corrected chi connectivity index (χ4v) is 2.73. The second kappa shape index (κ2) is 4.90. The first-order valence-corrected chi connectivity index (χ1v) is 6.61. The van der Waals surface area contributed by atoms with Gasteiger partial charge < -0.3 is 10.4 Å². The maximum absolute atomic E-state index is 13.8. The normalized spacial score (nSPS) is 10.7. The van der Waals surface area contributed by atoms with Crippen molar-refractivity contribution in [1.29, 1.82) is 0 Å². The van der Waals surface area contributed by atoms with E-state index in [0.717, 1.165) is 10.2 Å². The van der Waals surface area contributed by atoms with Gasteiger partial charge in [-0.15, -0.1) is 0 Å². The highest BCUT2D eigenvalue weighted by Crippen LogP contribution is 2.30. The zero-order valence-electron chi connectivity index (χ0n) is 10.1. The molecule has 100 valence electrons. The van der Waals surface area contributed by atoms with E-state index < -0.39 is 11.8 Å². The van der Waals surface area contributed by atoms with Crippen molar-refractivity contribution in [3.8, 4) is 0 Å². The molecular weight excluding hydrogens is 279 g/mol. The van der Waals surface area contributed by atoms with Gasteiger partial charge in [0.2, 0.25) is 0 Å². The van der Waals surface area contributed by atoms with Crippen LogP contribution in [0.4, 0.5) is 15.2 Å². The molecule has 0 bridgehead atoms. The van der Waals surface area contributed by atoms with Crippen LogP contribution in [0.1, 0.15) is 10.4 Å². The number of aromatic carboxylic acids is 1. The van der Waals surface area contributed by atoms with E-state index in [9.17, 15) is 9.18 Å². The molecule has 0 fully saturated rings. The van der Waals surface area contributed by atoms with Gasteiger partial charge in [-0.3, -0.25) is 0 Å². The smallest absolute Gasteiger partial charge is 0.337 e. The molecule has 0 saturated carbocycles. The Labute approximate surface area is 117 Å². The summed E-state index contributed by atoms with van der Waals surface area (Å²) in [6.45, 7) is 0. The zero-order valence-corrected chi connectivity index (χ0v) is 10.9. The van der Waals surface area contributed by atoms with Crippen LogP contribution >= 0.6 is 11.3 Å². The molecule has 3 aromatic rings. The van der Waals surface area contributed by atoms with E-state index in [0.29, 0.717) is 5.13 Å². The van der Waals surface area contributed by atoms with Gasteiger partial charge in [-0.25, -0.2) is 14.2 Å². The molecule has 0 radical (unpaired) electrons. The van der Waals surface area contributed by atoms with Crippen molar-refractivity contribution in [2.24, 2.45) is 0 Å². The molecule has 2 aromatic carbocycles. The topological polar surface area (TPSA) is 62.2 Å². The Morgan fingerprint density at radius 2 is 2.00 bits per heavy atom. The molecule has 6 heteroatoms. The molecule has 3 rings (SSSR count). The number of carboxylic acid groups (broad SMARTS) is 1. The number of nitrogens with one attached hydrogen (secondary N) is 1. The highest BCUT2D eigenvalue weighted by Gasteiger charge is 2.15. The standard InChI is InChI=1S/C14H9FN2O2S/c15-9-5-3-4-8(13(18)19)12(9)17-14-16-10-6-1-2-7-11(10)20-14/h1-7H,(H,16,17)(H,18,19). The van der Waals surface area contributed by atoms with Crippen molar-refractivity contribution in [1.82, 2.24) is 4.98 Å². The number of fused-ring (bicyclic) bond motifs is 1. The Morgan fingerprint density at radius 3 is 2.75 bits per heavy atom. The van der Waals surface area contributed by atoms with Gasteiger partial charge in [-0.1, -0.05) is 29.5 Å². The number of para-hydroxylation sites is 2. The summed E-state index contributed by atoms with van der Waals surface area (Å²) in [4.78, 5) is 15.4. The minimum Gasteiger partial charge on any atom is -0.478 e. The number of aromatic nitrogens is 1. The van der Waals surface area contributed by atoms with Crippen LogP contribution in [-0.4, -0.2) is 16.1 Å². The first-order valence-electron chi connectivity index (χ1n) is 5.79. The van der Waals surface area contributed by atoms with E-state index in [1.807, 2.05) is 24.3 Å². The Balaban J connectivity index is 2.04. The number of hydrogen-bond acceptors (Lipinski definition) is 4. The highest BCUT2D eigenvalue weighted by molar-refractivity contribution is 7.22. The van der Waals surface area contributed by atoms with E-state index >= 15 is 0 Å². The van der Waals surface area contributed by atoms with Gasteiger partial charge >= 0.3 is 5.97 Å². The summed E-state index contributed by atoms with van der Waals surface area (Å²) < 4.78 is 14.8. The Bertz CT molecular complexity index is 768. The van der Waals surface area contributed by atoms with Crippen LogP contribution in [0.3, 0.4) is 0 Å². The van der Waals surface area contributed by atoms with Crippen LogP contribution in [0.25, 0.3) is 10.2 Å². The van der Waals surface area contributed by atoms with Gasteiger partial charge in [0, 0.05) is 0 Å². The van der Waals surface area contributed by atoms with Crippen molar-refractivity contribution in [2.75, 3.05) is 5.32 Å². The molecule has 1 aromatic heterocycles. The first kappa shape index (κ1) is 12.6. The summed E-state index contributed by atoms with van der Waals surface area (Å²) in [7, 11) is 0. The Kier molecular flexibility index (Phi) is 3.08. The second-order valence-corrected chi connectivity index (χ2v) is 5.11. The summed E-state index contributed by atoms with van der Waals surface area (Å²) in [5, 5.41) is 12.3. The van der Waals surface area contributed by atoms with Gasteiger partial charge in [-0.2, -0.15) is 0 Å². The van der Waals surface area contributed by atoms with Gasteiger partial charge in [0.25, 0.3) is 0 Å². The van der Waals surface area contributed by atoms with E-state index in [-0.39, 0.29) is 11.3 Å². The van der Waals surface area contributed by atoms with E-state index in [4.69, 9.17) is 5.11 Å². The first-order chi connectivity index (χ1) is 9.65. The molecule has 0 amide bonds. The number of anilines is 2. The number of nitrogens with zero attached hydrogens (tertiary/aromatic N) is 1. The summed E-state index contributed by atoms with van der Waals surface area (Å²) in [5.74, 6) is -1.81. The van der Waals surface area contributed by atoms with Gasteiger partial charge in [0.15, 0.2) is 5.13 Å². The fraction of sp³-hybridized carbons (Fsp3) is 0. The Hall–Kier alpha value is -2.47. The minimum absolute atomic E-state index is 0.0703. The van der Waals surface area contributed by atoms with Crippen molar-refractivity contribution < 1.29 is 14.3 Å². The number of thiazole rings is 1. The minimum atomic E-state index is -1.19. The average molecular weight is 288 g/mol. The molecule has 0 spiro atoms. The van der Waals surface area contributed by atoms with Gasteiger partial charge in [0.05, 0.1) is 21.5 Å². The molecule has 0 aliphatic carbocycles. The molecule has 0 aliphatic rings. The second-order valence-electron chi connectivity index (χ2n) is 4.08. The largest absolute Gasteiger partial charge is 0.478 e. The lowest BCUT2D eigenvalue weighted by atomic mass is 10.1. The van der Waals surface area contributed by atoms with Crippen LogP contribution in [0.2, 0.25) is 0 Å². The summed E-state index contributed by atoms with van der Waals surface area (Å²) in [6.07, 6.45) is 0. The Morgan fingerprint density at radius 1 is 1.20 bits per heavy atom. The quantitative estimate of drug-likeness (QED) is 0.767. The van der Waals surface area contributed by atoms with Crippen molar-refractivity contribution in [2.45, 2.75) is 0 Å².